The minimum atomic E-state index is -2.09. The van der Waals surface area contributed by atoms with Gasteiger partial charge in [-0.05, 0) is 111 Å². The van der Waals surface area contributed by atoms with E-state index < -0.39 is 189 Å². The Hall–Kier alpha value is -2.16. The van der Waals surface area contributed by atoms with Crippen molar-refractivity contribution >= 4 is 11.9 Å². The number of esters is 1. The molecule has 0 amide bonds. The van der Waals surface area contributed by atoms with Gasteiger partial charge in [0.1, 0.15) is 97.7 Å². The molecule has 0 bridgehead atoms. The lowest BCUT2D eigenvalue weighted by molar-refractivity contribution is -0.379. The summed E-state index contributed by atoms with van der Waals surface area (Å²) in [6.07, 6.45) is -30.3. The summed E-state index contributed by atoms with van der Waals surface area (Å²) in [7, 11) is 0. The third-order valence-electron chi connectivity index (χ3n) is 21.5. The van der Waals surface area contributed by atoms with Crippen molar-refractivity contribution in [2.24, 2.45) is 50.2 Å². The first-order valence-electron chi connectivity index (χ1n) is 28.0. The van der Waals surface area contributed by atoms with Gasteiger partial charge in [-0.25, -0.2) is 0 Å². The number of fused-ring (bicyclic) bond motifs is 7. The summed E-state index contributed by atoms with van der Waals surface area (Å²) in [5, 5.41) is 162. The van der Waals surface area contributed by atoms with Gasteiger partial charge in [0.05, 0.1) is 43.4 Å². The summed E-state index contributed by atoms with van der Waals surface area (Å²) in [5.41, 5.74) is -2.77. The first kappa shape index (κ1) is 61.4. The van der Waals surface area contributed by atoms with Crippen molar-refractivity contribution < 1.29 is 124 Å². The molecule has 9 aliphatic rings. The highest BCUT2D eigenvalue weighted by Gasteiger charge is 2.71. The lowest BCUT2D eigenvalue weighted by atomic mass is 9.33. The molecule has 0 spiro atoms. The number of rotatable bonds is 13. The van der Waals surface area contributed by atoms with Gasteiger partial charge < -0.3 is 114 Å². The Morgan fingerprint density at radius 3 is 1.63 bits per heavy atom. The van der Waals surface area contributed by atoms with Gasteiger partial charge in [0.25, 0.3) is 0 Å². The molecule has 25 heteroatoms. The van der Waals surface area contributed by atoms with Crippen LogP contribution in [0.5, 0.6) is 0 Å². The number of carbonyl (C=O) groups excluding carboxylic acids is 1. The third kappa shape index (κ3) is 9.95. The number of ether oxygens (including phenoxy) is 8. The van der Waals surface area contributed by atoms with E-state index in [-0.39, 0.29) is 28.6 Å². The van der Waals surface area contributed by atoms with Gasteiger partial charge in [-0.1, -0.05) is 46.3 Å². The summed E-state index contributed by atoms with van der Waals surface area (Å²) < 4.78 is 47.4. The summed E-state index contributed by atoms with van der Waals surface area (Å²) in [6.45, 7) is 9.33. The molecule has 8 fully saturated rings. The second-order valence-electron chi connectivity index (χ2n) is 26.1. The van der Waals surface area contributed by atoms with Crippen LogP contribution < -0.4 is 0 Å². The highest BCUT2D eigenvalue weighted by Crippen LogP contribution is 2.76. The molecule has 15 N–H and O–H groups in total. The van der Waals surface area contributed by atoms with E-state index in [0.29, 0.717) is 64.2 Å². The summed E-state index contributed by atoms with van der Waals surface area (Å²) in [4.78, 5) is 28.4. The number of aliphatic carboxylic acids is 1. The van der Waals surface area contributed by atoms with Gasteiger partial charge in [0.15, 0.2) is 18.9 Å². The highest BCUT2D eigenvalue weighted by atomic mass is 16.8. The number of carbonyl (C=O) groups is 2. The van der Waals surface area contributed by atoms with Crippen LogP contribution in [0.3, 0.4) is 0 Å². The number of hydrogen-bond acceptors (Lipinski definition) is 24. The monoisotopic (exact) mass is 1130 g/mol. The molecule has 0 aromatic heterocycles. The number of carboxylic acids is 1. The Balaban J connectivity index is 1.01. The topological polar surface area (TPSA) is 411 Å². The van der Waals surface area contributed by atoms with Crippen molar-refractivity contribution in [2.75, 3.05) is 26.4 Å². The Bertz CT molecular complexity index is 2220. The number of hydrogen-bond donors (Lipinski definition) is 15. The predicted molar refractivity (Wildman–Crippen MR) is 265 cm³/mol. The molecule has 25 nitrogen and oxygen atoms in total. The molecule has 79 heavy (non-hydrogen) atoms. The highest BCUT2D eigenvalue weighted by molar-refractivity contribution is 5.79. The Morgan fingerprint density at radius 1 is 0.557 bits per heavy atom. The van der Waals surface area contributed by atoms with Crippen LogP contribution in [0.15, 0.2) is 11.6 Å². The molecule has 4 aliphatic heterocycles. The van der Waals surface area contributed by atoms with Crippen LogP contribution in [0.25, 0.3) is 0 Å². The SMILES string of the molecule is CC1(C)CC[C@]2(C(=O)O[C@@H]3O[C@H](CO[C@@H]4O[C@H](CO)[C@@H](O)[C@H](O)[C@H]4O[C@@H]4O[C@H](CO)[C@@H](O)[C@H](O)[C@H]4O)[C@@H](O[C@@H]4O[C@H](CO)[C@@H](O)[C@H](O)[C@H]4O)[C@H](O)[C@H]3O)CC[C@]3(C)C(=CCC4[C@@]5(C)CC[C@H](O)[C@@](C)(C(=O)O)C5CC[C@]43C)C2C1. The maximum absolute atomic E-state index is 15.4. The van der Waals surface area contributed by atoms with Crippen LogP contribution in [-0.2, 0) is 47.5 Å². The smallest absolute Gasteiger partial charge is 0.315 e. The Morgan fingerprint density at radius 2 is 1.06 bits per heavy atom. The average molecular weight is 1140 g/mol. The molecular weight excluding hydrogens is 1050 g/mol. The van der Waals surface area contributed by atoms with Crippen LogP contribution in [0, 0.1) is 50.2 Å². The fourth-order valence-corrected chi connectivity index (χ4v) is 16.3. The maximum atomic E-state index is 15.4. The van der Waals surface area contributed by atoms with Crippen LogP contribution in [0.1, 0.15) is 106 Å². The van der Waals surface area contributed by atoms with Crippen LogP contribution in [0.2, 0.25) is 0 Å². The van der Waals surface area contributed by atoms with Gasteiger partial charge in [0.2, 0.25) is 6.29 Å². The fraction of sp³-hybridized carbons (Fsp3) is 0.926. The third-order valence-corrected chi connectivity index (χ3v) is 21.5. The van der Waals surface area contributed by atoms with Gasteiger partial charge >= 0.3 is 11.9 Å². The van der Waals surface area contributed by atoms with Crippen LogP contribution >= 0.6 is 0 Å². The van der Waals surface area contributed by atoms with Crippen molar-refractivity contribution in [3.8, 4) is 0 Å². The van der Waals surface area contributed by atoms with E-state index in [4.69, 9.17) is 37.9 Å². The zero-order chi connectivity index (χ0) is 57.9. The Kier molecular flexibility index (Phi) is 17.4. The van der Waals surface area contributed by atoms with Crippen molar-refractivity contribution in [1.29, 1.82) is 0 Å². The molecule has 3 unspecified atom stereocenters. The molecule has 4 saturated heterocycles. The quantitative estimate of drug-likeness (QED) is 0.0647. The minimum Gasteiger partial charge on any atom is -0.481 e. The van der Waals surface area contributed by atoms with E-state index in [1.807, 2.05) is 0 Å². The molecule has 0 radical (unpaired) electrons. The summed E-state index contributed by atoms with van der Waals surface area (Å²) in [6, 6.07) is 0. The van der Waals surface area contributed by atoms with Crippen LogP contribution in [0.4, 0.5) is 0 Å². The standard InChI is InChI=1S/C54H86O25/c1-49(2)13-15-54(16-14-51(4)22(23(54)17-49)7-8-28-50(3)11-10-30(58)53(6,47(69)70)29(50)9-12-52(28,51)5)48(71)79-45-40(68)37(65)41(77-43-38(66)34(62)31(59)24(18-55)73-43)27(76-45)21-72-46-42(36(64)33(61)26(20-57)75-46)78-44-39(67)35(63)32(60)25(19-56)74-44/h7,23-46,55-68H,8-21H2,1-6H3,(H,69,70)/t23?,24-,25-,26-,27-,28?,29?,30+,31-,32-,33-,34+,35+,36+,37-,38-,39-,40-,41-,42-,43+,44+,45+,46-,50-,51-,52-,53+,54+/m1/s1. The number of aliphatic hydroxyl groups excluding tert-OH is 14. The van der Waals surface area contributed by atoms with Crippen molar-refractivity contribution in [1.82, 2.24) is 0 Å². The molecular formula is C54H86O25. The molecule has 4 heterocycles. The summed E-state index contributed by atoms with van der Waals surface area (Å²) in [5.74, 6) is -2.28. The van der Waals surface area contributed by atoms with E-state index in [1.54, 1.807) is 6.92 Å². The van der Waals surface area contributed by atoms with E-state index in [9.17, 15) is 81.4 Å². The van der Waals surface area contributed by atoms with Gasteiger partial charge in [0, 0.05) is 0 Å². The van der Waals surface area contributed by atoms with Crippen LogP contribution in [-0.4, -0.2) is 244 Å². The zero-order valence-electron chi connectivity index (χ0n) is 45.6. The maximum Gasteiger partial charge on any atom is 0.315 e. The molecule has 9 rings (SSSR count). The molecule has 4 saturated carbocycles. The minimum absolute atomic E-state index is 0.0655. The fourth-order valence-electron chi connectivity index (χ4n) is 16.3. The largest absolute Gasteiger partial charge is 0.481 e. The average Bonchev–Trinajstić information content (AvgIpc) is 3.52. The number of allylic oxidation sites excluding steroid dienone is 2. The predicted octanol–water partition coefficient (Wildman–Crippen LogP) is -2.97. The van der Waals surface area contributed by atoms with E-state index >= 15 is 4.79 Å². The second kappa shape index (κ2) is 22.4. The van der Waals surface area contributed by atoms with Crippen molar-refractivity contribution in [3.63, 3.8) is 0 Å². The second-order valence-corrected chi connectivity index (χ2v) is 26.1. The van der Waals surface area contributed by atoms with E-state index in [2.05, 4.69) is 40.7 Å². The lowest BCUT2D eigenvalue weighted by Crippen LogP contribution is -2.67. The van der Waals surface area contributed by atoms with Gasteiger partial charge in [-0.15, -0.1) is 0 Å². The number of carboxylic acid groups (broad SMARTS) is 1. The normalized spacial score (nSPS) is 53.5. The molecule has 452 valence electrons. The van der Waals surface area contributed by atoms with E-state index in [1.165, 1.54) is 0 Å². The van der Waals surface area contributed by atoms with Crippen molar-refractivity contribution in [3.05, 3.63) is 11.6 Å². The zero-order valence-corrected chi connectivity index (χ0v) is 45.6. The molecule has 0 aromatic rings. The molecule has 5 aliphatic carbocycles. The van der Waals surface area contributed by atoms with Gasteiger partial charge in [-0.2, -0.15) is 0 Å². The lowest BCUT2D eigenvalue weighted by Gasteiger charge is -2.71. The molecule has 29 atom stereocenters. The van der Waals surface area contributed by atoms with E-state index in [0.717, 1.165) is 5.57 Å². The Labute approximate surface area is 457 Å². The summed E-state index contributed by atoms with van der Waals surface area (Å²) >= 11 is 0. The number of aliphatic hydroxyl groups is 14. The first-order chi connectivity index (χ1) is 37.0. The molecule has 0 aromatic carbocycles. The van der Waals surface area contributed by atoms with Gasteiger partial charge in [-0.3, -0.25) is 9.59 Å². The first-order valence-corrected chi connectivity index (χ1v) is 28.0. The van der Waals surface area contributed by atoms with Crippen molar-refractivity contribution in [2.45, 2.75) is 235 Å².